The first kappa shape index (κ1) is 18.5. The maximum atomic E-state index is 12.9. The first-order valence-corrected chi connectivity index (χ1v) is 10.1. The van der Waals surface area contributed by atoms with Crippen LogP contribution in [0.25, 0.3) is 0 Å². The molecule has 2 aromatic rings. The van der Waals surface area contributed by atoms with E-state index in [-0.39, 0.29) is 29.7 Å². The van der Waals surface area contributed by atoms with Crippen molar-refractivity contribution in [3.05, 3.63) is 77.9 Å². The third kappa shape index (κ3) is 3.50. The van der Waals surface area contributed by atoms with Crippen LogP contribution in [0.15, 0.2) is 66.1 Å². The predicted molar refractivity (Wildman–Crippen MR) is 103 cm³/mol. The molecule has 0 unspecified atom stereocenters. The molecule has 2 aromatic carbocycles. The Balaban J connectivity index is 1.86. The van der Waals surface area contributed by atoms with E-state index in [4.69, 9.17) is 0 Å². The molecule has 1 fully saturated rings. The highest BCUT2D eigenvalue weighted by Crippen LogP contribution is 2.32. The number of rotatable bonds is 5. The fraction of sp³-hybridized carbons (Fsp3) is 0.286. The van der Waals surface area contributed by atoms with Gasteiger partial charge in [-0.05, 0) is 26.0 Å². The summed E-state index contributed by atoms with van der Waals surface area (Å²) in [6.45, 7) is 8.15. The molecular formula is C21H23NO3S. The van der Waals surface area contributed by atoms with Gasteiger partial charge in [-0.15, -0.1) is 6.58 Å². The maximum Gasteiger partial charge on any atom is 0.243 e. The Bertz CT molecular complexity index is 915. The lowest BCUT2D eigenvalue weighted by Gasteiger charge is -2.16. The number of aryl methyl sites for hydroxylation is 2. The maximum absolute atomic E-state index is 12.9. The molecule has 0 aliphatic carbocycles. The third-order valence-electron chi connectivity index (χ3n) is 4.97. The number of ketones is 1. The molecule has 26 heavy (non-hydrogen) atoms. The van der Waals surface area contributed by atoms with Crippen molar-refractivity contribution in [3.8, 4) is 0 Å². The number of carbonyl (C=O) groups is 1. The summed E-state index contributed by atoms with van der Waals surface area (Å²) in [6.07, 6.45) is 1.70. The summed E-state index contributed by atoms with van der Waals surface area (Å²) in [7, 11) is -3.62. The van der Waals surface area contributed by atoms with Gasteiger partial charge in [0.1, 0.15) is 0 Å². The van der Waals surface area contributed by atoms with E-state index in [1.165, 1.54) is 4.31 Å². The highest BCUT2D eigenvalue weighted by atomic mass is 32.2. The van der Waals surface area contributed by atoms with Crippen LogP contribution in [0, 0.1) is 25.7 Å². The second kappa shape index (κ2) is 7.17. The molecule has 136 valence electrons. The normalized spacial score (nSPS) is 20.8. The topological polar surface area (TPSA) is 54.5 Å². The number of hydrogen-bond donors (Lipinski definition) is 0. The van der Waals surface area contributed by atoms with Crippen LogP contribution in [0.2, 0.25) is 0 Å². The average Bonchev–Trinajstić information content (AvgIpc) is 3.07. The van der Waals surface area contributed by atoms with Gasteiger partial charge < -0.3 is 0 Å². The van der Waals surface area contributed by atoms with Gasteiger partial charge in [-0.25, -0.2) is 8.42 Å². The van der Waals surface area contributed by atoms with E-state index in [0.717, 1.165) is 11.1 Å². The number of hydrogen-bond acceptors (Lipinski definition) is 3. The minimum Gasteiger partial charge on any atom is -0.294 e. The Morgan fingerprint density at radius 1 is 1.00 bits per heavy atom. The fourth-order valence-electron chi connectivity index (χ4n) is 3.30. The number of Topliss-reactive ketones (excluding diaryl/α,β-unsaturated/α-hetero) is 1. The van der Waals surface area contributed by atoms with E-state index in [2.05, 4.69) is 6.58 Å². The zero-order valence-corrected chi connectivity index (χ0v) is 15.9. The molecule has 1 aliphatic heterocycles. The van der Waals surface area contributed by atoms with Crippen molar-refractivity contribution >= 4 is 15.8 Å². The summed E-state index contributed by atoms with van der Waals surface area (Å²) in [5.41, 5.74) is 2.70. The summed E-state index contributed by atoms with van der Waals surface area (Å²) < 4.78 is 27.3. The molecular weight excluding hydrogens is 346 g/mol. The van der Waals surface area contributed by atoms with Gasteiger partial charge in [0, 0.05) is 30.5 Å². The standard InChI is InChI=1S/C21H23NO3S/c1-4-17-13-22(26(24,25)19-11-7-16(3)8-12-19)14-20(17)21(23)18-9-5-15(2)6-10-18/h4-12,17,20H,1,13-14H2,2-3H3/t17-,20+/m0/s1. The molecule has 0 amide bonds. The zero-order valence-electron chi connectivity index (χ0n) is 15.1. The highest BCUT2D eigenvalue weighted by Gasteiger charge is 2.41. The van der Waals surface area contributed by atoms with E-state index in [0.29, 0.717) is 5.56 Å². The second-order valence-electron chi connectivity index (χ2n) is 6.87. The number of sulfonamides is 1. The Kier molecular flexibility index (Phi) is 5.12. The predicted octanol–water partition coefficient (Wildman–Crippen LogP) is 3.61. The highest BCUT2D eigenvalue weighted by molar-refractivity contribution is 7.89. The van der Waals surface area contributed by atoms with Crippen LogP contribution in [0.3, 0.4) is 0 Å². The van der Waals surface area contributed by atoms with E-state index in [1.54, 1.807) is 42.5 Å². The van der Waals surface area contributed by atoms with Crippen LogP contribution in [-0.2, 0) is 10.0 Å². The summed E-state index contributed by atoms with van der Waals surface area (Å²) in [4.78, 5) is 13.2. The van der Waals surface area contributed by atoms with Gasteiger partial charge >= 0.3 is 0 Å². The van der Waals surface area contributed by atoms with Crippen molar-refractivity contribution in [1.82, 2.24) is 4.31 Å². The summed E-state index contributed by atoms with van der Waals surface area (Å²) >= 11 is 0. The molecule has 1 aliphatic rings. The number of carbonyl (C=O) groups excluding carboxylic acids is 1. The third-order valence-corrected chi connectivity index (χ3v) is 6.81. The lowest BCUT2D eigenvalue weighted by molar-refractivity contribution is 0.0912. The van der Waals surface area contributed by atoms with Crippen LogP contribution >= 0.6 is 0 Å². The Labute approximate surface area is 155 Å². The van der Waals surface area contributed by atoms with E-state index in [9.17, 15) is 13.2 Å². The first-order chi connectivity index (χ1) is 12.3. The van der Waals surface area contributed by atoms with Crippen LogP contribution in [0.1, 0.15) is 21.5 Å². The van der Waals surface area contributed by atoms with E-state index >= 15 is 0 Å². The van der Waals surface area contributed by atoms with Gasteiger partial charge in [0.05, 0.1) is 4.90 Å². The van der Waals surface area contributed by atoms with Crippen molar-refractivity contribution in [3.63, 3.8) is 0 Å². The molecule has 0 radical (unpaired) electrons. The minimum absolute atomic E-state index is 0.0310. The summed E-state index contributed by atoms with van der Waals surface area (Å²) in [5.74, 6) is -0.629. The number of nitrogens with zero attached hydrogens (tertiary/aromatic N) is 1. The fourth-order valence-corrected chi connectivity index (χ4v) is 4.80. The van der Waals surface area contributed by atoms with E-state index < -0.39 is 15.9 Å². The Morgan fingerprint density at radius 2 is 1.54 bits per heavy atom. The lowest BCUT2D eigenvalue weighted by atomic mass is 9.88. The quantitative estimate of drug-likeness (QED) is 0.598. The van der Waals surface area contributed by atoms with Crippen molar-refractivity contribution in [2.24, 2.45) is 11.8 Å². The molecule has 3 rings (SSSR count). The molecule has 0 saturated carbocycles. The molecule has 0 aromatic heterocycles. The SMILES string of the molecule is C=C[C@H]1CN(S(=O)(=O)c2ccc(C)cc2)C[C@H]1C(=O)c1ccc(C)cc1. The van der Waals surface area contributed by atoms with Gasteiger partial charge in [0.25, 0.3) is 0 Å². The molecule has 0 spiro atoms. The Morgan fingerprint density at radius 3 is 2.08 bits per heavy atom. The molecule has 0 bridgehead atoms. The van der Waals surface area contributed by atoms with E-state index in [1.807, 2.05) is 26.0 Å². The Hall–Kier alpha value is -2.24. The molecule has 0 N–H and O–H groups in total. The zero-order chi connectivity index (χ0) is 18.9. The summed E-state index contributed by atoms with van der Waals surface area (Å²) in [5, 5.41) is 0. The smallest absolute Gasteiger partial charge is 0.243 e. The summed E-state index contributed by atoms with van der Waals surface area (Å²) in [6, 6.07) is 14.2. The molecule has 1 saturated heterocycles. The van der Waals surface area contributed by atoms with Gasteiger partial charge in [-0.2, -0.15) is 4.31 Å². The van der Waals surface area contributed by atoms with Crippen LogP contribution in [0.5, 0.6) is 0 Å². The molecule has 5 heteroatoms. The first-order valence-electron chi connectivity index (χ1n) is 8.63. The van der Waals surface area contributed by atoms with Gasteiger partial charge in [0.15, 0.2) is 5.78 Å². The molecule has 2 atom stereocenters. The van der Waals surface area contributed by atoms with Crippen LogP contribution in [0.4, 0.5) is 0 Å². The minimum atomic E-state index is -3.62. The number of benzene rings is 2. The largest absolute Gasteiger partial charge is 0.294 e. The van der Waals surface area contributed by atoms with Crippen molar-refractivity contribution in [1.29, 1.82) is 0 Å². The average molecular weight is 369 g/mol. The van der Waals surface area contributed by atoms with Crippen LogP contribution in [-0.4, -0.2) is 31.6 Å². The molecule has 1 heterocycles. The second-order valence-corrected chi connectivity index (χ2v) is 8.81. The van der Waals surface area contributed by atoms with Crippen molar-refractivity contribution in [2.45, 2.75) is 18.7 Å². The van der Waals surface area contributed by atoms with Crippen molar-refractivity contribution < 1.29 is 13.2 Å². The van der Waals surface area contributed by atoms with Gasteiger partial charge in [-0.3, -0.25) is 4.79 Å². The molecule has 4 nitrogen and oxygen atoms in total. The van der Waals surface area contributed by atoms with Crippen molar-refractivity contribution in [2.75, 3.05) is 13.1 Å². The lowest BCUT2D eigenvalue weighted by Crippen LogP contribution is -2.30. The van der Waals surface area contributed by atoms with Gasteiger partial charge in [-0.1, -0.05) is 53.6 Å². The van der Waals surface area contributed by atoms with Gasteiger partial charge in [0.2, 0.25) is 10.0 Å². The van der Waals surface area contributed by atoms with Crippen LogP contribution < -0.4 is 0 Å². The monoisotopic (exact) mass is 369 g/mol.